The van der Waals surface area contributed by atoms with Crippen molar-refractivity contribution in [1.82, 2.24) is 5.01 Å². The molecule has 0 saturated heterocycles. The third-order valence-electron chi connectivity index (χ3n) is 1.84. The van der Waals surface area contributed by atoms with Crippen LogP contribution in [0.15, 0.2) is 5.28 Å². The molecule has 0 aromatic heterocycles. The molecule has 0 aromatic rings. The molecule has 0 aliphatic carbocycles. The van der Waals surface area contributed by atoms with Crippen LogP contribution in [-0.4, -0.2) is 52.2 Å². The van der Waals surface area contributed by atoms with Gasteiger partial charge in [-0.1, -0.05) is 0 Å². The number of carboxylic acid groups (broad SMARTS) is 1. The molecule has 1 atom stereocenters. The van der Waals surface area contributed by atoms with E-state index in [0.29, 0.717) is 0 Å². The summed E-state index contributed by atoms with van der Waals surface area (Å²) in [4.78, 5) is 26.4. The molecule has 10 nitrogen and oxygen atoms in total. The minimum Gasteiger partial charge on any atom is -0.569 e. The molecule has 1 unspecified atom stereocenters. The molecule has 0 aliphatic heterocycles. The smallest absolute Gasteiger partial charge is 0.511 e. The lowest BCUT2D eigenvalue weighted by Crippen LogP contribution is -2.35. The summed E-state index contributed by atoms with van der Waals surface area (Å²) < 4.78 is 9.57. The summed E-state index contributed by atoms with van der Waals surface area (Å²) in [6.07, 6.45) is -2.14. The van der Waals surface area contributed by atoms with Crippen molar-refractivity contribution in [3.63, 3.8) is 0 Å². The van der Waals surface area contributed by atoms with E-state index in [0.717, 1.165) is 5.01 Å². The van der Waals surface area contributed by atoms with Crippen LogP contribution in [0.25, 0.3) is 0 Å². The molecule has 0 fully saturated rings. The van der Waals surface area contributed by atoms with E-state index in [-0.39, 0.29) is 11.5 Å². The molecular weight excluding hydrogens is 286 g/mol. The molecule has 0 aliphatic rings. The number of rotatable bonds is 7. The fourth-order valence-corrected chi connectivity index (χ4v) is 1.04. The SMILES string of the molecule is CCN(CC(=O)O)[N+]([O-])=NOC(C)OC(=O)OC(C)(C)C. The Morgan fingerprint density at radius 1 is 1.43 bits per heavy atom. The molecule has 0 amide bonds. The van der Waals surface area contributed by atoms with Crippen molar-refractivity contribution in [3.05, 3.63) is 5.21 Å². The predicted molar refractivity (Wildman–Crippen MR) is 68.8 cm³/mol. The Morgan fingerprint density at radius 3 is 2.43 bits per heavy atom. The number of likely N-dealkylation sites (N-methyl/N-ethyl adjacent to an activating group) is 1. The van der Waals surface area contributed by atoms with Gasteiger partial charge in [-0.25, -0.2) is 4.79 Å². The highest BCUT2D eigenvalue weighted by atomic mass is 16.8. The summed E-state index contributed by atoms with van der Waals surface area (Å²) in [6.45, 7) is 7.47. The fourth-order valence-electron chi connectivity index (χ4n) is 1.04. The second-order valence-corrected chi connectivity index (χ2v) is 4.96. The van der Waals surface area contributed by atoms with Gasteiger partial charge in [-0.15, -0.1) is 5.01 Å². The van der Waals surface area contributed by atoms with Gasteiger partial charge in [-0.05, 0) is 27.7 Å². The van der Waals surface area contributed by atoms with E-state index in [1.165, 1.54) is 6.92 Å². The van der Waals surface area contributed by atoms with Crippen LogP contribution in [0, 0.1) is 5.21 Å². The lowest BCUT2D eigenvalue weighted by atomic mass is 10.2. The van der Waals surface area contributed by atoms with Crippen molar-refractivity contribution in [1.29, 1.82) is 0 Å². The molecule has 122 valence electrons. The van der Waals surface area contributed by atoms with Crippen LogP contribution in [0.5, 0.6) is 0 Å². The van der Waals surface area contributed by atoms with Gasteiger partial charge in [0.05, 0.1) is 11.5 Å². The molecule has 0 spiro atoms. The molecule has 1 N–H and O–H groups in total. The van der Waals surface area contributed by atoms with Gasteiger partial charge in [0, 0.05) is 6.92 Å². The van der Waals surface area contributed by atoms with Crippen LogP contribution in [0.1, 0.15) is 34.6 Å². The highest BCUT2D eigenvalue weighted by molar-refractivity contribution is 5.68. The molecule has 0 aromatic carbocycles. The van der Waals surface area contributed by atoms with Gasteiger partial charge in [0.2, 0.25) is 5.28 Å². The molecule has 0 saturated carbocycles. The average Bonchev–Trinajstić information content (AvgIpc) is 2.30. The van der Waals surface area contributed by atoms with Crippen LogP contribution >= 0.6 is 0 Å². The number of carboxylic acids is 1. The summed E-state index contributed by atoms with van der Waals surface area (Å²) in [5.74, 6) is -1.19. The Kier molecular flexibility index (Phi) is 7.25. The van der Waals surface area contributed by atoms with Gasteiger partial charge >= 0.3 is 12.1 Å². The van der Waals surface area contributed by atoms with Crippen LogP contribution in [-0.2, 0) is 19.1 Å². The standard InChI is InChI=1S/C11H21N3O7/c1-6-13(7-9(15)16)14(18)12-21-8(2)19-10(17)20-11(3,4)5/h8H,6-7H2,1-5H3,(H,15,16). The van der Waals surface area contributed by atoms with E-state index in [9.17, 15) is 14.8 Å². The van der Waals surface area contributed by atoms with Crippen LogP contribution in [0.2, 0.25) is 0 Å². The molecule has 0 heterocycles. The first-order valence-electron chi connectivity index (χ1n) is 6.25. The Hall–Kier alpha value is -2.26. The maximum absolute atomic E-state index is 11.4. The largest absolute Gasteiger partial charge is 0.569 e. The number of aliphatic carboxylic acids is 1. The maximum atomic E-state index is 11.4. The zero-order chi connectivity index (χ0) is 16.6. The van der Waals surface area contributed by atoms with Crippen LogP contribution < -0.4 is 0 Å². The minimum absolute atomic E-state index is 0.0247. The topological polar surface area (TPSA) is 124 Å². The molecule has 0 rings (SSSR count). The predicted octanol–water partition coefficient (Wildman–Crippen LogP) is 1.50. The Labute approximate surface area is 122 Å². The van der Waals surface area contributed by atoms with E-state index in [2.05, 4.69) is 10.1 Å². The first-order valence-corrected chi connectivity index (χ1v) is 6.25. The second-order valence-electron chi connectivity index (χ2n) is 4.96. The van der Waals surface area contributed by atoms with Gasteiger partial charge in [0.15, 0.2) is 6.54 Å². The van der Waals surface area contributed by atoms with E-state index < -0.39 is 30.6 Å². The third-order valence-corrected chi connectivity index (χ3v) is 1.84. The number of hydrogen-bond donors (Lipinski definition) is 1. The van der Waals surface area contributed by atoms with E-state index in [4.69, 9.17) is 14.6 Å². The number of hydrazine groups is 1. The Balaban J connectivity index is 4.37. The normalized spacial score (nSPS) is 13.3. The van der Waals surface area contributed by atoms with Gasteiger partial charge < -0.3 is 19.8 Å². The van der Waals surface area contributed by atoms with Gasteiger partial charge in [-0.2, -0.15) is 0 Å². The van der Waals surface area contributed by atoms with Crippen molar-refractivity contribution in [2.45, 2.75) is 46.5 Å². The minimum atomic E-state index is -1.19. The monoisotopic (exact) mass is 307 g/mol. The van der Waals surface area contributed by atoms with Crippen molar-refractivity contribution < 1.29 is 34.0 Å². The molecule has 0 bridgehead atoms. The fraction of sp³-hybridized carbons (Fsp3) is 0.818. The average molecular weight is 307 g/mol. The van der Waals surface area contributed by atoms with Gasteiger partial charge in [-0.3, -0.25) is 9.63 Å². The van der Waals surface area contributed by atoms with Crippen LogP contribution in [0.3, 0.4) is 0 Å². The van der Waals surface area contributed by atoms with Crippen LogP contribution in [0.4, 0.5) is 4.79 Å². The number of carbonyl (C=O) groups excluding carboxylic acids is 1. The lowest BCUT2D eigenvalue weighted by Gasteiger charge is -2.20. The summed E-state index contributed by atoms with van der Waals surface area (Å²) in [5, 5.41) is 24.0. The Bertz CT molecular complexity index is 392. The summed E-state index contributed by atoms with van der Waals surface area (Å²) in [5.41, 5.74) is -0.723. The van der Waals surface area contributed by atoms with Crippen molar-refractivity contribution in [2.75, 3.05) is 13.1 Å². The van der Waals surface area contributed by atoms with Crippen molar-refractivity contribution >= 4 is 12.1 Å². The molecule has 0 radical (unpaired) electrons. The summed E-state index contributed by atoms with van der Waals surface area (Å²) in [7, 11) is 0. The summed E-state index contributed by atoms with van der Waals surface area (Å²) >= 11 is 0. The zero-order valence-electron chi connectivity index (χ0n) is 12.7. The number of hydrogen-bond acceptors (Lipinski definition) is 7. The second kappa shape index (κ2) is 8.12. The third kappa shape index (κ3) is 9.30. The summed E-state index contributed by atoms with van der Waals surface area (Å²) in [6, 6.07) is 0. The van der Waals surface area contributed by atoms with E-state index in [1.807, 2.05) is 0 Å². The van der Waals surface area contributed by atoms with Crippen molar-refractivity contribution in [2.24, 2.45) is 5.28 Å². The first kappa shape index (κ1) is 18.7. The first-order chi connectivity index (χ1) is 9.55. The van der Waals surface area contributed by atoms with Crippen molar-refractivity contribution in [3.8, 4) is 0 Å². The lowest BCUT2D eigenvalue weighted by molar-refractivity contribution is -0.710. The highest BCUT2D eigenvalue weighted by Crippen LogP contribution is 2.09. The molecular formula is C11H21N3O7. The quantitative estimate of drug-likeness (QED) is 0.247. The number of nitrogens with zero attached hydrogens (tertiary/aromatic N) is 3. The van der Waals surface area contributed by atoms with Gasteiger partial charge in [0.1, 0.15) is 5.60 Å². The molecule has 10 heteroatoms. The Morgan fingerprint density at radius 2 is 2.00 bits per heavy atom. The number of ether oxygens (including phenoxy) is 2. The zero-order valence-corrected chi connectivity index (χ0v) is 12.7. The van der Waals surface area contributed by atoms with E-state index in [1.54, 1.807) is 27.7 Å². The molecule has 21 heavy (non-hydrogen) atoms. The van der Waals surface area contributed by atoms with E-state index >= 15 is 0 Å². The number of carbonyl (C=O) groups is 2. The van der Waals surface area contributed by atoms with Gasteiger partial charge in [0.25, 0.3) is 6.29 Å². The maximum Gasteiger partial charge on any atom is 0.511 e. The highest BCUT2D eigenvalue weighted by Gasteiger charge is 2.21.